The third-order valence-corrected chi connectivity index (χ3v) is 4.42. The quantitative estimate of drug-likeness (QED) is 0.834. The first-order valence-corrected chi connectivity index (χ1v) is 7.64. The molecule has 3 nitrogen and oxygen atoms in total. The fourth-order valence-corrected chi connectivity index (χ4v) is 3.19. The van der Waals surface area contributed by atoms with Crippen LogP contribution in [0.1, 0.15) is 50.0 Å². The second-order valence-corrected chi connectivity index (χ2v) is 5.89. The van der Waals surface area contributed by atoms with Crippen molar-refractivity contribution >= 4 is 5.82 Å². The zero-order chi connectivity index (χ0) is 13.9. The number of nitrogen functional groups attached to an aromatic ring is 1. The fraction of sp³-hybridized carbons (Fsp3) is 0.471. The van der Waals surface area contributed by atoms with Gasteiger partial charge in [0, 0.05) is 18.7 Å². The molecular weight excluding hydrogens is 246 g/mol. The summed E-state index contributed by atoms with van der Waals surface area (Å²) in [5.74, 6) is 1.43. The van der Waals surface area contributed by atoms with Gasteiger partial charge in [-0.15, -0.1) is 0 Å². The van der Waals surface area contributed by atoms with E-state index >= 15 is 0 Å². The second-order valence-electron chi connectivity index (χ2n) is 5.89. The van der Waals surface area contributed by atoms with E-state index in [2.05, 4.69) is 29.4 Å². The highest BCUT2D eigenvalue weighted by molar-refractivity contribution is 5.63. The van der Waals surface area contributed by atoms with Gasteiger partial charge in [0.2, 0.25) is 0 Å². The van der Waals surface area contributed by atoms with Gasteiger partial charge >= 0.3 is 0 Å². The SMILES string of the molecule is Cn1nc(-c2cccc(C3CCCCCC3)c2)cc1N. The zero-order valence-electron chi connectivity index (χ0n) is 12.2. The summed E-state index contributed by atoms with van der Waals surface area (Å²) in [6, 6.07) is 10.8. The van der Waals surface area contributed by atoms with Crippen molar-refractivity contribution in [1.82, 2.24) is 9.78 Å². The molecule has 1 saturated carbocycles. The van der Waals surface area contributed by atoms with Crippen molar-refractivity contribution in [3.63, 3.8) is 0 Å². The molecule has 20 heavy (non-hydrogen) atoms. The molecule has 0 saturated heterocycles. The lowest BCUT2D eigenvalue weighted by Gasteiger charge is -2.15. The Morgan fingerprint density at radius 3 is 2.50 bits per heavy atom. The first-order valence-electron chi connectivity index (χ1n) is 7.64. The Bertz CT molecular complexity index is 558. The Morgan fingerprint density at radius 1 is 1.10 bits per heavy atom. The summed E-state index contributed by atoms with van der Waals surface area (Å²) in [7, 11) is 1.88. The summed E-state index contributed by atoms with van der Waals surface area (Å²) >= 11 is 0. The molecule has 1 heterocycles. The molecule has 0 unspecified atom stereocenters. The van der Waals surface area contributed by atoms with E-state index in [-0.39, 0.29) is 0 Å². The number of anilines is 1. The standard InChI is InChI=1S/C17H23N3/c1-20-17(18)12-16(19-20)15-10-6-9-14(11-15)13-7-4-2-3-5-8-13/h6,9-13H,2-5,7-8,18H2,1H3. The average Bonchev–Trinajstić information content (AvgIpc) is 2.70. The molecule has 2 N–H and O–H groups in total. The maximum atomic E-state index is 5.88. The lowest BCUT2D eigenvalue weighted by Crippen LogP contribution is -1.98. The van der Waals surface area contributed by atoms with Crippen LogP contribution in [0, 0.1) is 0 Å². The number of nitrogens with zero attached hydrogens (tertiary/aromatic N) is 2. The third-order valence-electron chi connectivity index (χ3n) is 4.42. The summed E-state index contributed by atoms with van der Waals surface area (Å²) in [4.78, 5) is 0. The van der Waals surface area contributed by atoms with Crippen molar-refractivity contribution in [3.8, 4) is 11.3 Å². The van der Waals surface area contributed by atoms with E-state index in [1.54, 1.807) is 4.68 Å². The summed E-state index contributed by atoms with van der Waals surface area (Å²) in [6.45, 7) is 0. The van der Waals surface area contributed by atoms with Crippen molar-refractivity contribution in [3.05, 3.63) is 35.9 Å². The molecule has 3 rings (SSSR count). The maximum Gasteiger partial charge on any atom is 0.121 e. The summed E-state index contributed by atoms with van der Waals surface area (Å²) in [5, 5.41) is 4.48. The second kappa shape index (κ2) is 5.70. The van der Waals surface area contributed by atoms with Gasteiger partial charge in [-0.2, -0.15) is 5.10 Å². The molecule has 0 amide bonds. The molecule has 1 aromatic heterocycles. The van der Waals surface area contributed by atoms with Gasteiger partial charge in [0.25, 0.3) is 0 Å². The van der Waals surface area contributed by atoms with Crippen LogP contribution in [-0.2, 0) is 7.05 Å². The molecule has 1 aliphatic rings. The number of aryl methyl sites for hydroxylation is 1. The minimum Gasteiger partial charge on any atom is -0.384 e. The average molecular weight is 269 g/mol. The molecule has 0 radical (unpaired) electrons. The van der Waals surface area contributed by atoms with Crippen molar-refractivity contribution in [1.29, 1.82) is 0 Å². The highest BCUT2D eigenvalue weighted by Crippen LogP contribution is 2.33. The molecule has 0 bridgehead atoms. The molecule has 2 aromatic rings. The van der Waals surface area contributed by atoms with Crippen molar-refractivity contribution < 1.29 is 0 Å². The van der Waals surface area contributed by atoms with Crippen LogP contribution in [0.2, 0.25) is 0 Å². The number of hydrogen-bond donors (Lipinski definition) is 1. The van der Waals surface area contributed by atoms with Crippen molar-refractivity contribution in [2.45, 2.75) is 44.4 Å². The Labute approximate surface area is 120 Å². The van der Waals surface area contributed by atoms with Crippen LogP contribution in [0.25, 0.3) is 11.3 Å². The third kappa shape index (κ3) is 2.72. The number of rotatable bonds is 2. The van der Waals surface area contributed by atoms with Gasteiger partial charge in [-0.05, 0) is 30.4 Å². The van der Waals surface area contributed by atoms with Gasteiger partial charge in [0.15, 0.2) is 0 Å². The van der Waals surface area contributed by atoms with Crippen molar-refractivity contribution in [2.75, 3.05) is 5.73 Å². The molecule has 0 aliphatic heterocycles. The minimum absolute atomic E-state index is 0.708. The fourth-order valence-electron chi connectivity index (χ4n) is 3.19. The van der Waals surface area contributed by atoms with E-state index < -0.39 is 0 Å². The number of nitrogens with two attached hydrogens (primary N) is 1. The van der Waals surface area contributed by atoms with Gasteiger partial charge in [-0.25, -0.2) is 0 Å². The van der Waals surface area contributed by atoms with E-state index in [9.17, 15) is 0 Å². The molecule has 0 atom stereocenters. The molecule has 1 fully saturated rings. The Hall–Kier alpha value is -1.77. The van der Waals surface area contributed by atoms with E-state index in [1.165, 1.54) is 49.7 Å². The van der Waals surface area contributed by atoms with Gasteiger partial charge in [-0.1, -0.05) is 43.9 Å². The van der Waals surface area contributed by atoms with Crippen LogP contribution >= 0.6 is 0 Å². The normalized spacial score (nSPS) is 17.1. The first-order chi connectivity index (χ1) is 9.74. The minimum atomic E-state index is 0.708. The predicted octanol–water partition coefficient (Wildman–Crippen LogP) is 4.11. The van der Waals surface area contributed by atoms with E-state index in [0.717, 1.165) is 11.6 Å². The molecule has 3 heteroatoms. The van der Waals surface area contributed by atoms with E-state index in [4.69, 9.17) is 5.73 Å². The molecule has 1 aliphatic carbocycles. The Balaban J connectivity index is 1.88. The zero-order valence-corrected chi connectivity index (χ0v) is 12.2. The van der Waals surface area contributed by atoms with Crippen LogP contribution in [0.5, 0.6) is 0 Å². The largest absolute Gasteiger partial charge is 0.384 e. The summed E-state index contributed by atoms with van der Waals surface area (Å²) in [6.07, 6.45) is 8.18. The monoisotopic (exact) mass is 269 g/mol. The smallest absolute Gasteiger partial charge is 0.121 e. The lowest BCUT2D eigenvalue weighted by molar-refractivity contribution is 0.592. The number of aromatic nitrogens is 2. The van der Waals surface area contributed by atoms with Gasteiger partial charge in [-0.3, -0.25) is 4.68 Å². The highest BCUT2D eigenvalue weighted by atomic mass is 15.3. The first kappa shape index (κ1) is 13.2. The van der Waals surface area contributed by atoms with Gasteiger partial charge in [0.05, 0.1) is 5.69 Å². The summed E-state index contributed by atoms with van der Waals surface area (Å²) < 4.78 is 1.73. The van der Waals surface area contributed by atoms with E-state index in [0.29, 0.717) is 5.82 Å². The molecule has 1 aromatic carbocycles. The topological polar surface area (TPSA) is 43.8 Å². The number of benzene rings is 1. The van der Waals surface area contributed by atoms with Crippen LogP contribution in [0.15, 0.2) is 30.3 Å². The summed E-state index contributed by atoms with van der Waals surface area (Å²) in [5.41, 5.74) is 9.50. The highest BCUT2D eigenvalue weighted by Gasteiger charge is 2.15. The Morgan fingerprint density at radius 2 is 1.85 bits per heavy atom. The maximum absolute atomic E-state index is 5.88. The van der Waals surface area contributed by atoms with Crippen LogP contribution in [0.4, 0.5) is 5.82 Å². The predicted molar refractivity (Wildman–Crippen MR) is 83.5 cm³/mol. The Kier molecular flexibility index (Phi) is 3.77. The van der Waals surface area contributed by atoms with Crippen molar-refractivity contribution in [2.24, 2.45) is 7.05 Å². The van der Waals surface area contributed by atoms with Crippen LogP contribution in [-0.4, -0.2) is 9.78 Å². The van der Waals surface area contributed by atoms with E-state index in [1.807, 2.05) is 13.1 Å². The molecular formula is C17H23N3. The van der Waals surface area contributed by atoms with Crippen LogP contribution in [0.3, 0.4) is 0 Å². The van der Waals surface area contributed by atoms with Crippen LogP contribution < -0.4 is 5.73 Å². The molecule has 0 spiro atoms. The molecule has 106 valence electrons. The number of hydrogen-bond acceptors (Lipinski definition) is 2. The lowest BCUT2D eigenvalue weighted by atomic mass is 9.90. The van der Waals surface area contributed by atoms with Gasteiger partial charge in [0.1, 0.15) is 5.82 Å². The van der Waals surface area contributed by atoms with Gasteiger partial charge < -0.3 is 5.73 Å².